The molecule has 3 aromatic rings. The lowest BCUT2D eigenvalue weighted by Gasteiger charge is -2.38. The lowest BCUT2D eigenvalue weighted by molar-refractivity contribution is -0.192. The molecule has 16 nitrogen and oxygen atoms in total. The minimum atomic E-state index is -5.08. The van der Waals surface area contributed by atoms with E-state index < -0.39 is 27.7 Å². The lowest BCUT2D eigenvalue weighted by Crippen LogP contribution is -2.59. The number of alkyl halides is 3. The fourth-order valence-electron chi connectivity index (χ4n) is 9.34. The number of carbonyl (C=O) groups is 4. The Balaban J connectivity index is 0.000000256. The van der Waals surface area contributed by atoms with Gasteiger partial charge in [0, 0.05) is 80.1 Å². The van der Waals surface area contributed by atoms with Gasteiger partial charge in [0.15, 0.2) is 0 Å². The molecular formula is C50H63Cl2F3N8O8S. The van der Waals surface area contributed by atoms with Crippen LogP contribution in [0.25, 0.3) is 10.9 Å². The van der Waals surface area contributed by atoms with Crippen LogP contribution in [0.15, 0.2) is 64.5 Å². The minimum absolute atomic E-state index is 0.00546. The fraction of sp³-hybridized carbons (Fsp3) is 0.540. The Hall–Kier alpha value is -4.99. The molecule has 4 aliphatic heterocycles. The van der Waals surface area contributed by atoms with Crippen LogP contribution in [0.5, 0.6) is 5.75 Å². The summed E-state index contributed by atoms with van der Waals surface area (Å²) in [6.07, 6.45) is 4.25. The van der Waals surface area contributed by atoms with E-state index in [9.17, 15) is 36.0 Å². The number of rotatable bonds is 18. The van der Waals surface area contributed by atoms with Crippen LogP contribution in [0.4, 0.5) is 13.2 Å². The van der Waals surface area contributed by atoms with Crippen molar-refractivity contribution in [2.75, 3.05) is 79.0 Å². The second kappa shape index (κ2) is 23.5. The molecule has 1 amide bonds. The molecule has 1 aromatic heterocycles. The molecule has 0 radical (unpaired) electrons. The molecule has 0 atom stereocenters. The van der Waals surface area contributed by atoms with E-state index >= 15 is 0 Å². The summed E-state index contributed by atoms with van der Waals surface area (Å²) in [4.78, 5) is 59.8. The number of carboxylic acids is 1. The van der Waals surface area contributed by atoms with E-state index in [0.29, 0.717) is 65.8 Å². The number of aryl methyl sites for hydroxylation is 2. The van der Waals surface area contributed by atoms with Crippen molar-refractivity contribution in [2.45, 2.75) is 94.9 Å². The highest BCUT2D eigenvalue weighted by molar-refractivity contribution is 7.89. The molecule has 6 aliphatic rings. The number of allylic oxidation sites excluding steroid dienone is 1. The largest absolute Gasteiger partial charge is 0.490 e. The Labute approximate surface area is 428 Å². The van der Waals surface area contributed by atoms with Gasteiger partial charge in [0.1, 0.15) is 39.7 Å². The number of amides is 1. The Morgan fingerprint density at radius 2 is 1.51 bits per heavy atom. The van der Waals surface area contributed by atoms with Gasteiger partial charge in [-0.2, -0.15) is 17.9 Å². The molecule has 22 heteroatoms. The number of halogens is 5. The van der Waals surface area contributed by atoms with Crippen LogP contribution in [0, 0.1) is 19.8 Å². The Morgan fingerprint density at radius 3 is 2.12 bits per heavy atom. The smallest absolute Gasteiger partial charge is 0.487 e. The Bertz CT molecular complexity index is 2700. The molecule has 2 aromatic carbocycles. The SMILES string of the molecule is CNCCCCCNCC1CCN(C(=O)C2(NS(=O)(=O)c3ccc(Cl)c(COc4cccc5c(C)cc(C)nc45)c3Cl)CCCC2)CC1.O=C(O)C(F)(F)F.O=C1C=C(N2CC2)C(=O)C(N2CC2)=C1N1CC1. The number of para-hydroxylation sites is 1. The maximum Gasteiger partial charge on any atom is 0.490 e. The molecule has 5 fully saturated rings. The van der Waals surface area contributed by atoms with Gasteiger partial charge in [0.2, 0.25) is 27.5 Å². The van der Waals surface area contributed by atoms with Crippen molar-refractivity contribution in [1.82, 2.24) is 39.9 Å². The third kappa shape index (κ3) is 13.6. The zero-order chi connectivity index (χ0) is 52.0. The fourth-order valence-corrected chi connectivity index (χ4v) is 11.6. The highest BCUT2D eigenvalue weighted by Gasteiger charge is 2.48. The number of aromatic nitrogens is 1. The number of piperidine rings is 1. The average Bonchev–Trinajstić information content (AvgIpc) is 4.20. The number of pyridine rings is 1. The summed E-state index contributed by atoms with van der Waals surface area (Å²) >= 11 is 13.3. The minimum Gasteiger partial charge on any atom is -0.487 e. The number of Topliss-reactive ketones (excluding diaryl/α,β-unsaturated/α-hetero) is 1. The number of hydrogen-bond acceptors (Lipinski definition) is 13. The van der Waals surface area contributed by atoms with Crippen LogP contribution in [0.1, 0.15) is 74.6 Å². The molecule has 0 unspecified atom stereocenters. The molecule has 0 spiro atoms. The lowest BCUT2D eigenvalue weighted by atomic mass is 9.92. The van der Waals surface area contributed by atoms with Gasteiger partial charge >= 0.3 is 12.1 Å². The van der Waals surface area contributed by atoms with Crippen molar-refractivity contribution in [3.63, 3.8) is 0 Å². The third-order valence-corrected chi connectivity index (χ3v) is 16.0. The standard InChI is InChI=1S/C36H49Cl2N5O4S.C12H13N3O2.C2HF3O2/c1-25-22-26(2)41-34-28(25)10-9-11-31(34)47-24-29-30(37)12-13-32(33(29)38)48(45,46)42-36(16-5-6-17-36)35(44)43-20-14-27(15-21-43)23-40-19-8-4-7-18-39-3;16-9-7-8(13-1-2-13)12(17)11(15-5-6-15)10(9)14-3-4-14;3-2(4,5)1(6)7/h9-13,22,27,39-40,42H,4-8,14-21,23-24H2,1-3H3;7H,1-6H2;(H,6,7). The third-order valence-electron chi connectivity index (χ3n) is 13.5. The van der Waals surface area contributed by atoms with Gasteiger partial charge in [-0.3, -0.25) is 14.4 Å². The molecule has 1 saturated carbocycles. The molecule has 72 heavy (non-hydrogen) atoms. The maximum absolute atomic E-state index is 14.0. The van der Waals surface area contributed by atoms with Gasteiger partial charge < -0.3 is 40.1 Å². The first-order valence-electron chi connectivity index (χ1n) is 24.5. The summed E-state index contributed by atoms with van der Waals surface area (Å²) in [5.74, 6) is -1.79. The van der Waals surface area contributed by atoms with Crippen molar-refractivity contribution >= 4 is 67.6 Å². The van der Waals surface area contributed by atoms with E-state index in [-0.39, 0.29) is 39.0 Å². The molecule has 4 saturated heterocycles. The number of nitrogens with zero attached hydrogens (tertiary/aromatic N) is 5. The number of benzene rings is 2. The van der Waals surface area contributed by atoms with Crippen LogP contribution < -0.4 is 20.1 Å². The Kier molecular flexibility index (Phi) is 17.9. The van der Waals surface area contributed by atoms with E-state index in [1.165, 1.54) is 31.1 Å². The van der Waals surface area contributed by atoms with E-state index in [1.807, 2.05) is 64.8 Å². The molecule has 5 heterocycles. The van der Waals surface area contributed by atoms with Crippen molar-refractivity contribution in [3.8, 4) is 5.75 Å². The van der Waals surface area contributed by atoms with Gasteiger partial charge in [-0.05, 0) is 115 Å². The number of carbonyl (C=O) groups excluding carboxylic acids is 3. The van der Waals surface area contributed by atoms with Gasteiger partial charge in [-0.25, -0.2) is 18.2 Å². The van der Waals surface area contributed by atoms with Gasteiger partial charge in [0.05, 0.1) is 10.7 Å². The van der Waals surface area contributed by atoms with Crippen LogP contribution in [0.2, 0.25) is 10.0 Å². The van der Waals surface area contributed by atoms with E-state index in [4.69, 9.17) is 37.8 Å². The summed E-state index contributed by atoms with van der Waals surface area (Å²) in [5.41, 5.74) is 3.70. The van der Waals surface area contributed by atoms with E-state index in [0.717, 1.165) is 108 Å². The summed E-state index contributed by atoms with van der Waals surface area (Å²) in [6.45, 7) is 13.6. The van der Waals surface area contributed by atoms with Crippen LogP contribution in [-0.2, 0) is 35.8 Å². The number of unbranched alkanes of at least 4 members (excludes halogenated alkanes) is 2. The van der Waals surface area contributed by atoms with Gasteiger partial charge in [-0.15, -0.1) is 0 Å². The molecule has 9 rings (SSSR count). The molecular weight excluding hydrogens is 1000 g/mol. The summed E-state index contributed by atoms with van der Waals surface area (Å²) in [6, 6.07) is 10.6. The number of likely N-dealkylation sites (tertiary alicyclic amines) is 1. The first-order chi connectivity index (χ1) is 34.2. The van der Waals surface area contributed by atoms with Crippen LogP contribution in [0.3, 0.4) is 0 Å². The maximum atomic E-state index is 14.0. The number of carboxylic acid groups (broad SMARTS) is 1. The topological polar surface area (TPSA) is 193 Å². The number of hydrogen-bond donors (Lipinski definition) is 4. The van der Waals surface area contributed by atoms with E-state index in [2.05, 4.69) is 20.3 Å². The van der Waals surface area contributed by atoms with Crippen molar-refractivity contribution in [3.05, 3.63) is 86.4 Å². The highest BCUT2D eigenvalue weighted by Crippen LogP contribution is 2.39. The second-order valence-electron chi connectivity index (χ2n) is 19.0. The predicted octanol–water partition coefficient (Wildman–Crippen LogP) is 6.36. The first kappa shape index (κ1) is 54.8. The normalized spacial score (nSPS) is 18.6. The van der Waals surface area contributed by atoms with Gasteiger partial charge in [-0.1, -0.05) is 54.6 Å². The molecule has 4 N–H and O–H groups in total. The average molecular weight is 1060 g/mol. The van der Waals surface area contributed by atoms with Crippen molar-refractivity contribution in [1.29, 1.82) is 0 Å². The first-order valence-corrected chi connectivity index (χ1v) is 26.7. The number of aliphatic carboxylic acids is 1. The highest BCUT2D eigenvalue weighted by atomic mass is 35.5. The van der Waals surface area contributed by atoms with Crippen LogP contribution in [-0.4, -0.2) is 152 Å². The monoisotopic (exact) mass is 1060 g/mol. The number of fused-ring (bicyclic) bond motifs is 1. The van der Waals surface area contributed by atoms with Crippen molar-refractivity contribution < 1.29 is 50.6 Å². The molecule has 392 valence electrons. The predicted molar refractivity (Wildman–Crippen MR) is 267 cm³/mol. The zero-order valence-corrected chi connectivity index (χ0v) is 43.1. The molecule has 2 aliphatic carbocycles. The van der Waals surface area contributed by atoms with E-state index in [1.54, 1.807) is 0 Å². The summed E-state index contributed by atoms with van der Waals surface area (Å²) in [7, 11) is -2.21. The zero-order valence-electron chi connectivity index (χ0n) is 40.8. The van der Waals surface area contributed by atoms with Crippen LogP contribution >= 0.6 is 23.2 Å². The van der Waals surface area contributed by atoms with Crippen molar-refractivity contribution in [2.24, 2.45) is 5.92 Å². The second-order valence-corrected chi connectivity index (χ2v) is 21.5. The molecule has 0 bridgehead atoms. The Morgan fingerprint density at radius 1 is 0.889 bits per heavy atom. The number of ketones is 2. The number of sulfonamides is 1. The quantitative estimate of drug-likeness (QED) is 0.0625. The number of ether oxygens (including phenoxy) is 1. The number of nitrogens with one attached hydrogen (secondary N) is 3. The summed E-state index contributed by atoms with van der Waals surface area (Å²) < 4.78 is 68.7. The summed E-state index contributed by atoms with van der Waals surface area (Å²) in [5, 5.41) is 15.1. The van der Waals surface area contributed by atoms with Gasteiger partial charge in [0.25, 0.3) is 0 Å².